The molecule has 0 radical (unpaired) electrons. The van der Waals surface area contributed by atoms with Crippen molar-refractivity contribution in [2.24, 2.45) is 0 Å². The van der Waals surface area contributed by atoms with Crippen LogP contribution in [0.15, 0.2) is 42.5 Å². The number of amides is 3. The third-order valence-corrected chi connectivity index (χ3v) is 4.05. The molecule has 0 heterocycles. The topological polar surface area (TPSA) is 88.7 Å². The van der Waals surface area contributed by atoms with Gasteiger partial charge in [-0.25, -0.2) is 4.79 Å². The predicted molar refractivity (Wildman–Crippen MR) is 116 cm³/mol. The summed E-state index contributed by atoms with van der Waals surface area (Å²) in [6.45, 7) is 2.53. The predicted octanol–water partition coefficient (Wildman–Crippen LogP) is 4.54. The molecule has 2 aromatic rings. The number of rotatable bonds is 8. The lowest BCUT2D eigenvalue weighted by Gasteiger charge is -2.12. The Morgan fingerprint density at radius 3 is 2.34 bits per heavy atom. The number of benzene rings is 2. The fourth-order valence-corrected chi connectivity index (χ4v) is 2.64. The Morgan fingerprint density at radius 2 is 1.76 bits per heavy atom. The standard InChI is InChI=1S/C21H24ClN3O4/c1-4-11-29-20-17(22)12-14(13-18(20)28-3)5-10-19(26)24-15-6-8-16(9-7-15)25-21(27)23-2/h5-10,12-13H,4,11H2,1-3H3,(H,24,26)(H2,23,25,27)/b10-5+. The monoisotopic (exact) mass is 417 g/mol. The molecule has 0 saturated heterocycles. The van der Waals surface area contributed by atoms with E-state index in [1.165, 1.54) is 20.2 Å². The highest BCUT2D eigenvalue weighted by atomic mass is 35.5. The third-order valence-electron chi connectivity index (χ3n) is 3.77. The molecule has 0 spiro atoms. The molecule has 2 aromatic carbocycles. The first-order chi connectivity index (χ1) is 14.0. The summed E-state index contributed by atoms with van der Waals surface area (Å²) in [5.41, 5.74) is 1.92. The van der Waals surface area contributed by atoms with Gasteiger partial charge in [0.15, 0.2) is 11.5 Å². The molecule has 0 atom stereocenters. The minimum atomic E-state index is -0.315. The maximum Gasteiger partial charge on any atom is 0.318 e. The van der Waals surface area contributed by atoms with Gasteiger partial charge in [0.05, 0.1) is 18.7 Å². The summed E-state index contributed by atoms with van der Waals surface area (Å²) in [5.74, 6) is 0.687. The van der Waals surface area contributed by atoms with Crippen molar-refractivity contribution in [1.29, 1.82) is 0 Å². The molecule has 0 aromatic heterocycles. The van der Waals surface area contributed by atoms with Crippen molar-refractivity contribution in [3.05, 3.63) is 53.1 Å². The molecule has 2 rings (SSSR count). The smallest absolute Gasteiger partial charge is 0.318 e. The summed E-state index contributed by atoms with van der Waals surface area (Å²) >= 11 is 6.28. The van der Waals surface area contributed by atoms with Crippen molar-refractivity contribution in [2.75, 3.05) is 31.4 Å². The second-order valence-electron chi connectivity index (χ2n) is 5.99. The van der Waals surface area contributed by atoms with Crippen molar-refractivity contribution < 1.29 is 19.1 Å². The van der Waals surface area contributed by atoms with Crippen LogP contribution in [-0.4, -0.2) is 32.7 Å². The molecule has 154 valence electrons. The first-order valence-electron chi connectivity index (χ1n) is 9.05. The van der Waals surface area contributed by atoms with Gasteiger partial charge in [-0.15, -0.1) is 0 Å². The van der Waals surface area contributed by atoms with Gasteiger partial charge in [0.25, 0.3) is 0 Å². The minimum Gasteiger partial charge on any atom is -0.493 e. The van der Waals surface area contributed by atoms with E-state index in [9.17, 15) is 9.59 Å². The number of carbonyl (C=O) groups excluding carboxylic acids is 2. The van der Waals surface area contributed by atoms with Crippen molar-refractivity contribution >= 4 is 41.0 Å². The van der Waals surface area contributed by atoms with Crippen LogP contribution in [0.25, 0.3) is 6.08 Å². The molecule has 0 bridgehead atoms. The largest absolute Gasteiger partial charge is 0.493 e. The highest BCUT2D eigenvalue weighted by Crippen LogP contribution is 2.36. The molecule has 0 aliphatic carbocycles. The molecule has 8 heteroatoms. The Morgan fingerprint density at radius 1 is 1.10 bits per heavy atom. The highest BCUT2D eigenvalue weighted by Gasteiger charge is 2.11. The van der Waals surface area contributed by atoms with Gasteiger partial charge in [0.2, 0.25) is 5.91 Å². The number of hydrogen-bond acceptors (Lipinski definition) is 4. The first-order valence-corrected chi connectivity index (χ1v) is 9.42. The van der Waals surface area contributed by atoms with Gasteiger partial charge in [-0.2, -0.15) is 0 Å². The molecular weight excluding hydrogens is 394 g/mol. The number of ether oxygens (including phenoxy) is 2. The molecule has 0 fully saturated rings. The van der Waals surface area contributed by atoms with E-state index in [-0.39, 0.29) is 11.9 Å². The van der Waals surface area contributed by atoms with Crippen LogP contribution in [0.3, 0.4) is 0 Å². The highest BCUT2D eigenvalue weighted by molar-refractivity contribution is 6.32. The van der Waals surface area contributed by atoms with Crippen LogP contribution in [0.2, 0.25) is 5.02 Å². The zero-order chi connectivity index (χ0) is 21.2. The number of urea groups is 1. The summed E-state index contributed by atoms with van der Waals surface area (Å²) in [4.78, 5) is 23.5. The molecule has 3 amide bonds. The van der Waals surface area contributed by atoms with E-state index in [4.69, 9.17) is 21.1 Å². The Kier molecular flexibility index (Phi) is 8.36. The van der Waals surface area contributed by atoms with Crippen molar-refractivity contribution in [1.82, 2.24) is 5.32 Å². The van der Waals surface area contributed by atoms with Crippen LogP contribution < -0.4 is 25.4 Å². The summed E-state index contributed by atoms with van der Waals surface area (Å²) in [5, 5.41) is 8.26. The van der Waals surface area contributed by atoms with Gasteiger partial charge in [-0.3, -0.25) is 4.79 Å². The minimum absolute atomic E-state index is 0.307. The second kappa shape index (κ2) is 11.0. The second-order valence-corrected chi connectivity index (χ2v) is 6.39. The summed E-state index contributed by atoms with van der Waals surface area (Å²) in [6.07, 6.45) is 3.88. The summed E-state index contributed by atoms with van der Waals surface area (Å²) in [7, 11) is 3.07. The van der Waals surface area contributed by atoms with Gasteiger partial charge in [0, 0.05) is 24.5 Å². The fraction of sp³-hybridized carbons (Fsp3) is 0.238. The number of halogens is 1. The first kappa shape index (κ1) is 22.1. The maximum atomic E-state index is 12.2. The van der Waals surface area contributed by atoms with E-state index in [1.807, 2.05) is 6.92 Å². The van der Waals surface area contributed by atoms with E-state index in [2.05, 4.69) is 16.0 Å². The number of hydrogen-bond donors (Lipinski definition) is 3. The van der Waals surface area contributed by atoms with Gasteiger partial charge >= 0.3 is 6.03 Å². The Balaban J connectivity index is 2.03. The molecule has 29 heavy (non-hydrogen) atoms. The van der Waals surface area contributed by atoms with Crippen molar-refractivity contribution in [2.45, 2.75) is 13.3 Å². The average Bonchev–Trinajstić information content (AvgIpc) is 2.72. The van der Waals surface area contributed by atoms with Gasteiger partial charge in [-0.05, 0) is 54.5 Å². The number of methoxy groups -OCH3 is 1. The van der Waals surface area contributed by atoms with Crippen molar-refractivity contribution in [3.8, 4) is 11.5 Å². The van der Waals surface area contributed by atoms with E-state index >= 15 is 0 Å². The quantitative estimate of drug-likeness (QED) is 0.550. The fourth-order valence-electron chi connectivity index (χ4n) is 2.37. The van der Waals surface area contributed by atoms with Crippen LogP contribution in [0.5, 0.6) is 11.5 Å². The Hall–Kier alpha value is -3.19. The molecule has 0 aliphatic rings. The lowest BCUT2D eigenvalue weighted by molar-refractivity contribution is -0.111. The van der Waals surface area contributed by atoms with Crippen LogP contribution in [-0.2, 0) is 4.79 Å². The zero-order valence-corrected chi connectivity index (χ0v) is 17.3. The molecule has 0 saturated carbocycles. The van der Waals surface area contributed by atoms with Crippen LogP contribution in [0.4, 0.5) is 16.2 Å². The maximum absolute atomic E-state index is 12.2. The van der Waals surface area contributed by atoms with Crippen LogP contribution >= 0.6 is 11.6 Å². The van der Waals surface area contributed by atoms with Gasteiger partial charge in [0.1, 0.15) is 0 Å². The van der Waals surface area contributed by atoms with E-state index in [0.717, 1.165) is 6.42 Å². The van der Waals surface area contributed by atoms with Crippen LogP contribution in [0.1, 0.15) is 18.9 Å². The number of anilines is 2. The Bertz CT molecular complexity index is 882. The summed E-state index contributed by atoms with van der Waals surface area (Å²) < 4.78 is 11.0. The number of nitrogens with one attached hydrogen (secondary N) is 3. The normalized spacial score (nSPS) is 10.5. The van der Waals surface area contributed by atoms with Gasteiger partial charge < -0.3 is 25.4 Å². The zero-order valence-electron chi connectivity index (χ0n) is 16.5. The molecular formula is C21H24ClN3O4. The molecule has 0 aliphatic heterocycles. The van der Waals surface area contributed by atoms with E-state index < -0.39 is 0 Å². The average molecular weight is 418 g/mol. The summed E-state index contributed by atoms with van der Waals surface area (Å²) in [6, 6.07) is 9.90. The number of carbonyl (C=O) groups is 2. The van der Waals surface area contributed by atoms with E-state index in [1.54, 1.807) is 42.5 Å². The molecule has 3 N–H and O–H groups in total. The molecule has 0 unspecified atom stereocenters. The van der Waals surface area contributed by atoms with Gasteiger partial charge in [-0.1, -0.05) is 18.5 Å². The van der Waals surface area contributed by atoms with E-state index in [0.29, 0.717) is 40.1 Å². The van der Waals surface area contributed by atoms with Crippen LogP contribution in [0, 0.1) is 0 Å². The SMILES string of the molecule is CCCOc1c(Cl)cc(/C=C/C(=O)Nc2ccc(NC(=O)NC)cc2)cc1OC. The molecule has 7 nitrogen and oxygen atoms in total. The van der Waals surface area contributed by atoms with Crippen molar-refractivity contribution in [3.63, 3.8) is 0 Å². The third kappa shape index (κ3) is 6.73. The lowest BCUT2D eigenvalue weighted by Crippen LogP contribution is -2.24. The lowest BCUT2D eigenvalue weighted by atomic mass is 10.2. The Labute approximate surface area is 175 Å².